The molecular formula is C21H30N2O2. The second-order valence-corrected chi connectivity index (χ2v) is 7.47. The Morgan fingerprint density at radius 2 is 1.92 bits per heavy atom. The van der Waals surface area contributed by atoms with Crippen LogP contribution in [-0.2, 0) is 22.6 Å². The summed E-state index contributed by atoms with van der Waals surface area (Å²) < 4.78 is 5.82. The molecule has 0 bridgehead atoms. The molecule has 1 aromatic carbocycles. The van der Waals surface area contributed by atoms with Gasteiger partial charge in [0.2, 0.25) is 5.91 Å². The zero-order chi connectivity index (χ0) is 17.6. The van der Waals surface area contributed by atoms with Crippen molar-refractivity contribution in [3.8, 4) is 0 Å². The molecule has 4 heteroatoms. The first-order valence-corrected chi connectivity index (χ1v) is 9.48. The van der Waals surface area contributed by atoms with Gasteiger partial charge >= 0.3 is 0 Å². The van der Waals surface area contributed by atoms with Crippen molar-refractivity contribution in [2.75, 3.05) is 13.1 Å². The maximum absolute atomic E-state index is 12.2. The number of nitrogens with zero attached hydrogens (tertiary/aromatic N) is 1. The predicted octanol–water partition coefficient (Wildman–Crippen LogP) is 3.27. The number of hydrogen-bond donors (Lipinski definition) is 1. The fourth-order valence-corrected chi connectivity index (χ4v) is 3.91. The Bertz CT molecular complexity index is 604. The second-order valence-electron chi connectivity index (χ2n) is 7.47. The minimum absolute atomic E-state index is 0.153. The number of carbonyl (C=O) groups is 1. The van der Waals surface area contributed by atoms with Crippen LogP contribution in [-0.4, -0.2) is 36.1 Å². The van der Waals surface area contributed by atoms with Crippen LogP contribution >= 0.6 is 0 Å². The van der Waals surface area contributed by atoms with Crippen LogP contribution in [0.1, 0.15) is 44.2 Å². The molecule has 0 spiro atoms. The van der Waals surface area contributed by atoms with Gasteiger partial charge in [-0.1, -0.05) is 36.4 Å². The van der Waals surface area contributed by atoms with Gasteiger partial charge in [-0.25, -0.2) is 0 Å². The summed E-state index contributed by atoms with van der Waals surface area (Å²) in [5, 5.41) is 3.11. The Kier molecular flexibility index (Phi) is 6.27. The fraction of sp³-hybridized carbons (Fsp3) is 0.571. The Morgan fingerprint density at radius 3 is 2.60 bits per heavy atom. The second kappa shape index (κ2) is 8.63. The lowest BCUT2D eigenvalue weighted by atomic mass is 10.0. The van der Waals surface area contributed by atoms with Gasteiger partial charge in [-0.3, -0.25) is 9.69 Å². The van der Waals surface area contributed by atoms with Crippen molar-refractivity contribution < 1.29 is 9.53 Å². The quantitative estimate of drug-likeness (QED) is 0.807. The number of hydrogen-bond acceptors (Lipinski definition) is 3. The van der Waals surface area contributed by atoms with E-state index >= 15 is 0 Å². The maximum atomic E-state index is 12.2. The van der Waals surface area contributed by atoms with Gasteiger partial charge in [-0.2, -0.15) is 0 Å². The van der Waals surface area contributed by atoms with Gasteiger partial charge in [0.15, 0.2) is 0 Å². The number of morpholine rings is 1. The largest absolute Gasteiger partial charge is 0.373 e. The van der Waals surface area contributed by atoms with Gasteiger partial charge in [-0.05, 0) is 43.7 Å². The first kappa shape index (κ1) is 18.2. The molecule has 1 N–H and O–H groups in total. The van der Waals surface area contributed by atoms with Crippen molar-refractivity contribution in [1.29, 1.82) is 0 Å². The van der Waals surface area contributed by atoms with Crippen molar-refractivity contribution in [3.05, 3.63) is 47.5 Å². The zero-order valence-corrected chi connectivity index (χ0v) is 15.4. The van der Waals surface area contributed by atoms with Crippen LogP contribution in [0.2, 0.25) is 0 Å². The topological polar surface area (TPSA) is 41.6 Å². The van der Waals surface area contributed by atoms with Crippen molar-refractivity contribution in [2.24, 2.45) is 5.92 Å². The van der Waals surface area contributed by atoms with Crippen LogP contribution in [0.5, 0.6) is 0 Å². The highest BCUT2D eigenvalue weighted by Crippen LogP contribution is 2.20. The summed E-state index contributed by atoms with van der Waals surface area (Å²) in [5.41, 5.74) is 2.51. The van der Waals surface area contributed by atoms with Gasteiger partial charge in [-0.15, -0.1) is 0 Å². The summed E-state index contributed by atoms with van der Waals surface area (Å²) in [7, 11) is 0. The van der Waals surface area contributed by atoms with E-state index in [-0.39, 0.29) is 18.1 Å². The van der Waals surface area contributed by atoms with E-state index in [4.69, 9.17) is 4.74 Å². The van der Waals surface area contributed by atoms with E-state index in [1.165, 1.54) is 11.1 Å². The monoisotopic (exact) mass is 342 g/mol. The molecule has 3 rings (SSSR count). The molecule has 1 fully saturated rings. The molecule has 1 amide bonds. The lowest BCUT2D eigenvalue weighted by Gasteiger charge is -2.35. The summed E-state index contributed by atoms with van der Waals surface area (Å²) >= 11 is 0. The molecule has 0 aromatic heterocycles. The number of benzene rings is 1. The number of nitrogens with one attached hydrogen (secondary N) is 1. The predicted molar refractivity (Wildman–Crippen MR) is 100 cm³/mol. The average Bonchev–Trinajstić information content (AvgIpc) is 3.06. The molecular weight excluding hydrogens is 312 g/mol. The molecule has 1 aliphatic heterocycles. The molecule has 136 valence electrons. The molecule has 3 atom stereocenters. The van der Waals surface area contributed by atoms with Crippen molar-refractivity contribution in [2.45, 2.75) is 58.4 Å². The fourth-order valence-electron chi connectivity index (χ4n) is 3.91. The number of ether oxygens (including phenoxy) is 1. The number of rotatable bonds is 6. The summed E-state index contributed by atoms with van der Waals surface area (Å²) in [6.07, 6.45) is 7.72. The highest BCUT2D eigenvalue weighted by atomic mass is 16.5. The van der Waals surface area contributed by atoms with Gasteiger partial charge in [0.05, 0.1) is 12.2 Å². The zero-order valence-electron chi connectivity index (χ0n) is 15.4. The van der Waals surface area contributed by atoms with Crippen LogP contribution in [0.25, 0.3) is 0 Å². The lowest BCUT2D eigenvalue weighted by molar-refractivity contribution is -0.121. The molecule has 1 saturated heterocycles. The molecule has 1 heterocycles. The maximum Gasteiger partial charge on any atom is 0.220 e. The normalized spacial score (nSPS) is 26.7. The summed E-state index contributed by atoms with van der Waals surface area (Å²) in [6.45, 7) is 7.70. The molecule has 2 aliphatic rings. The van der Waals surface area contributed by atoms with Gasteiger partial charge in [0, 0.05) is 32.6 Å². The molecule has 3 unspecified atom stereocenters. The van der Waals surface area contributed by atoms with E-state index < -0.39 is 0 Å². The van der Waals surface area contributed by atoms with Crippen molar-refractivity contribution in [1.82, 2.24) is 10.2 Å². The highest BCUT2D eigenvalue weighted by Gasteiger charge is 2.22. The van der Waals surface area contributed by atoms with Crippen LogP contribution in [0.15, 0.2) is 36.4 Å². The number of allylic oxidation sites excluding steroid dienone is 2. The van der Waals surface area contributed by atoms with E-state index in [1.54, 1.807) is 0 Å². The smallest absolute Gasteiger partial charge is 0.220 e. The van der Waals surface area contributed by atoms with E-state index in [0.717, 1.165) is 32.5 Å². The van der Waals surface area contributed by atoms with E-state index in [0.29, 0.717) is 18.9 Å². The van der Waals surface area contributed by atoms with Gasteiger partial charge in [0.1, 0.15) is 0 Å². The van der Waals surface area contributed by atoms with Crippen LogP contribution in [0.4, 0.5) is 0 Å². The summed E-state index contributed by atoms with van der Waals surface area (Å²) in [4.78, 5) is 14.6. The Balaban J connectivity index is 1.55. The Hall–Kier alpha value is -1.65. The molecule has 4 nitrogen and oxygen atoms in total. The molecule has 1 aromatic rings. The minimum Gasteiger partial charge on any atom is -0.373 e. The highest BCUT2D eigenvalue weighted by molar-refractivity contribution is 5.76. The third kappa shape index (κ3) is 5.41. The van der Waals surface area contributed by atoms with Crippen molar-refractivity contribution >= 4 is 5.91 Å². The average molecular weight is 342 g/mol. The molecule has 25 heavy (non-hydrogen) atoms. The van der Waals surface area contributed by atoms with E-state index in [2.05, 4.69) is 60.5 Å². The molecule has 1 aliphatic carbocycles. The van der Waals surface area contributed by atoms with Crippen LogP contribution < -0.4 is 5.32 Å². The summed E-state index contributed by atoms with van der Waals surface area (Å²) in [5.74, 6) is 0.575. The van der Waals surface area contributed by atoms with E-state index in [9.17, 15) is 4.79 Å². The third-order valence-corrected chi connectivity index (χ3v) is 5.04. The molecule has 0 saturated carbocycles. The number of amides is 1. The van der Waals surface area contributed by atoms with Gasteiger partial charge in [0.25, 0.3) is 0 Å². The minimum atomic E-state index is 0.153. The Morgan fingerprint density at radius 1 is 1.20 bits per heavy atom. The van der Waals surface area contributed by atoms with Crippen LogP contribution in [0, 0.1) is 5.92 Å². The lowest BCUT2D eigenvalue weighted by Crippen LogP contribution is -2.45. The first-order valence-electron chi connectivity index (χ1n) is 9.48. The molecule has 0 radical (unpaired) electrons. The standard InChI is InChI=1S/C21H30N2O2/c1-16-13-23(14-17(2)25-16)15-20-10-6-5-9-19(20)12-22-21(24)11-18-7-3-4-8-18/h3,5-7,9-10,16-18H,4,8,11-15H2,1-2H3,(H,22,24). The Labute approximate surface area is 151 Å². The summed E-state index contributed by atoms with van der Waals surface area (Å²) in [6, 6.07) is 8.43. The van der Waals surface area contributed by atoms with Crippen molar-refractivity contribution in [3.63, 3.8) is 0 Å². The number of carbonyl (C=O) groups excluding carboxylic acids is 1. The van der Waals surface area contributed by atoms with Gasteiger partial charge < -0.3 is 10.1 Å². The van der Waals surface area contributed by atoms with E-state index in [1.807, 2.05) is 0 Å². The third-order valence-electron chi connectivity index (χ3n) is 5.04. The first-order chi connectivity index (χ1) is 12.1. The van der Waals surface area contributed by atoms with Crippen LogP contribution in [0.3, 0.4) is 0 Å². The SMILES string of the molecule is CC1CN(Cc2ccccc2CNC(=O)CC2C=CCC2)CC(C)O1.